The molecule has 2 atom stereocenters. The number of hydrogen-bond donors (Lipinski definition) is 2. The van der Waals surface area contributed by atoms with Crippen molar-refractivity contribution < 1.29 is 42.7 Å². The molecule has 0 saturated heterocycles. The predicted octanol–water partition coefficient (Wildman–Crippen LogP) is 4.93. The number of carbonyl (C=O) groups is 1. The van der Waals surface area contributed by atoms with Crippen LogP contribution in [0.4, 0.5) is 0 Å². The summed E-state index contributed by atoms with van der Waals surface area (Å²) in [7, 11) is 1.49. The Morgan fingerprint density at radius 3 is 1.91 bits per heavy atom. The van der Waals surface area contributed by atoms with Gasteiger partial charge < -0.3 is 14.1 Å². The first kappa shape index (κ1) is 31.5. The molecule has 1 unspecified atom stereocenters. The van der Waals surface area contributed by atoms with Gasteiger partial charge >= 0.3 is 13.8 Å². The van der Waals surface area contributed by atoms with Crippen molar-refractivity contribution in [3.8, 4) is 0 Å². The maximum atomic E-state index is 11.8. The van der Waals surface area contributed by atoms with Crippen molar-refractivity contribution in [2.24, 2.45) is 0 Å². The van der Waals surface area contributed by atoms with Crippen molar-refractivity contribution >= 4 is 13.8 Å². The van der Waals surface area contributed by atoms with E-state index < -0.39 is 26.5 Å². The zero-order valence-corrected chi connectivity index (χ0v) is 21.5. The fraction of sp³-hybridized carbons (Fsp3) is 0.955. The average Bonchev–Trinajstić information content (AvgIpc) is 2.71. The molecule has 10 heteroatoms. The largest absolute Gasteiger partial charge is 0.472 e. The van der Waals surface area contributed by atoms with E-state index in [1.54, 1.807) is 0 Å². The van der Waals surface area contributed by atoms with Crippen molar-refractivity contribution in [1.29, 1.82) is 0 Å². The summed E-state index contributed by atoms with van der Waals surface area (Å²) in [4.78, 5) is 25.7. The SMILES string of the molecule is CCCCCCCCCCCCCC(=O)OC[C@H](COP(=O)(O)OCC[N+](C)(C)C)OO. The highest BCUT2D eigenvalue weighted by Crippen LogP contribution is 2.43. The van der Waals surface area contributed by atoms with Gasteiger partial charge in [0.25, 0.3) is 0 Å². The molecule has 0 amide bonds. The summed E-state index contributed by atoms with van der Waals surface area (Å²) < 4.78 is 27.2. The Morgan fingerprint density at radius 1 is 0.875 bits per heavy atom. The Balaban J connectivity index is 3.77. The highest BCUT2D eigenvalue weighted by atomic mass is 31.2. The topological polar surface area (TPSA) is 112 Å². The lowest BCUT2D eigenvalue weighted by Gasteiger charge is -2.24. The summed E-state index contributed by atoms with van der Waals surface area (Å²) in [5.74, 6) is -0.394. The van der Waals surface area contributed by atoms with Crippen LogP contribution in [0, 0.1) is 0 Å². The number of nitrogens with zero attached hydrogens (tertiary/aromatic N) is 1. The predicted molar refractivity (Wildman–Crippen MR) is 124 cm³/mol. The van der Waals surface area contributed by atoms with Crippen LogP contribution in [-0.4, -0.2) is 74.2 Å². The standard InChI is InChI=1S/C22H46NO8P/c1-5-6-7-8-9-10-11-12-13-14-15-16-22(24)28-19-21(31-25)20-30-32(26,27)29-18-17-23(2,3)4/h21H,5-20H2,1-4H3,(H-,25,26,27)/p+1/t21-/m1/s1. The summed E-state index contributed by atoms with van der Waals surface area (Å²) in [6, 6.07) is 0. The Morgan fingerprint density at radius 2 is 1.41 bits per heavy atom. The minimum atomic E-state index is -4.28. The Kier molecular flexibility index (Phi) is 18.5. The van der Waals surface area contributed by atoms with Gasteiger partial charge in [0.2, 0.25) is 0 Å². The van der Waals surface area contributed by atoms with Crippen molar-refractivity contribution in [3.05, 3.63) is 0 Å². The van der Waals surface area contributed by atoms with Gasteiger partial charge in [-0.1, -0.05) is 71.1 Å². The number of phosphoric acid groups is 1. The third-order valence-corrected chi connectivity index (χ3v) is 5.99. The average molecular weight is 485 g/mol. The van der Waals surface area contributed by atoms with E-state index in [2.05, 4.69) is 11.8 Å². The van der Waals surface area contributed by atoms with Gasteiger partial charge in [-0.15, -0.1) is 0 Å². The fourth-order valence-electron chi connectivity index (χ4n) is 2.95. The summed E-state index contributed by atoms with van der Waals surface area (Å²) in [5.41, 5.74) is 0. The van der Waals surface area contributed by atoms with Crippen molar-refractivity contribution in [2.45, 2.75) is 90.1 Å². The minimum Gasteiger partial charge on any atom is -0.463 e. The molecule has 0 aliphatic heterocycles. The lowest BCUT2D eigenvalue weighted by atomic mass is 10.1. The zero-order chi connectivity index (χ0) is 24.3. The molecule has 0 heterocycles. The molecule has 0 spiro atoms. The molecular formula is C22H47NO8P+. The van der Waals surface area contributed by atoms with E-state index >= 15 is 0 Å². The van der Waals surface area contributed by atoms with Gasteiger partial charge in [-0.25, -0.2) is 9.45 Å². The Labute approximate surface area is 194 Å². The van der Waals surface area contributed by atoms with Gasteiger partial charge in [-0.3, -0.25) is 19.1 Å². The van der Waals surface area contributed by atoms with E-state index in [0.717, 1.165) is 19.3 Å². The third kappa shape index (κ3) is 21.3. The smallest absolute Gasteiger partial charge is 0.463 e. The molecule has 0 bridgehead atoms. The number of quaternary nitrogens is 1. The molecule has 0 fully saturated rings. The summed E-state index contributed by atoms with van der Waals surface area (Å²) >= 11 is 0. The number of rotatable bonds is 22. The van der Waals surface area contributed by atoms with E-state index in [1.807, 2.05) is 21.1 Å². The highest BCUT2D eigenvalue weighted by Gasteiger charge is 2.25. The Bertz CT molecular complexity index is 513. The van der Waals surface area contributed by atoms with Crippen LogP contribution < -0.4 is 0 Å². The molecule has 9 nitrogen and oxygen atoms in total. The van der Waals surface area contributed by atoms with Crippen LogP contribution in [0.3, 0.4) is 0 Å². The number of carbonyl (C=O) groups excluding carboxylic acids is 1. The first-order chi connectivity index (χ1) is 15.1. The number of hydrogen-bond acceptors (Lipinski definition) is 7. The quantitative estimate of drug-likeness (QED) is 0.0556. The van der Waals surface area contributed by atoms with Crippen LogP contribution in [-0.2, 0) is 28.0 Å². The number of likely N-dealkylation sites (N-methyl/N-ethyl adjacent to an activating group) is 1. The van der Waals surface area contributed by atoms with E-state index in [4.69, 9.17) is 19.0 Å². The molecule has 32 heavy (non-hydrogen) atoms. The van der Waals surface area contributed by atoms with Crippen LogP contribution in [0.15, 0.2) is 0 Å². The molecule has 0 radical (unpaired) electrons. The maximum absolute atomic E-state index is 11.8. The molecule has 0 aromatic rings. The van der Waals surface area contributed by atoms with E-state index in [-0.39, 0.29) is 13.2 Å². The van der Waals surface area contributed by atoms with E-state index in [9.17, 15) is 14.3 Å². The van der Waals surface area contributed by atoms with Crippen LogP contribution >= 0.6 is 7.82 Å². The number of esters is 1. The second kappa shape index (κ2) is 18.8. The van der Waals surface area contributed by atoms with Gasteiger partial charge in [0.05, 0.1) is 27.7 Å². The second-order valence-electron chi connectivity index (χ2n) is 9.31. The number of unbranched alkanes of at least 4 members (excludes halogenated alkanes) is 10. The van der Waals surface area contributed by atoms with Crippen molar-refractivity contribution in [3.63, 3.8) is 0 Å². The van der Waals surface area contributed by atoms with E-state index in [1.165, 1.54) is 51.4 Å². The normalized spacial score (nSPS) is 14.8. The van der Waals surface area contributed by atoms with Gasteiger partial charge in [0, 0.05) is 6.42 Å². The molecule has 192 valence electrons. The second-order valence-corrected chi connectivity index (χ2v) is 10.8. The molecule has 0 aliphatic carbocycles. The zero-order valence-electron chi connectivity index (χ0n) is 20.6. The van der Waals surface area contributed by atoms with Crippen LogP contribution in [0.5, 0.6) is 0 Å². The number of phosphoric ester groups is 1. The molecule has 2 N–H and O–H groups in total. The highest BCUT2D eigenvalue weighted by molar-refractivity contribution is 7.47. The third-order valence-electron chi connectivity index (χ3n) is 5.00. The molecule has 0 aromatic heterocycles. The molecule has 0 aromatic carbocycles. The maximum Gasteiger partial charge on any atom is 0.472 e. The molecular weight excluding hydrogens is 437 g/mol. The van der Waals surface area contributed by atoms with Gasteiger partial charge in [-0.05, 0) is 6.42 Å². The lowest BCUT2D eigenvalue weighted by molar-refractivity contribution is -0.870. The van der Waals surface area contributed by atoms with Gasteiger partial charge in [0.15, 0.2) is 6.10 Å². The van der Waals surface area contributed by atoms with Gasteiger partial charge in [0.1, 0.15) is 19.8 Å². The van der Waals surface area contributed by atoms with E-state index in [0.29, 0.717) is 17.4 Å². The van der Waals surface area contributed by atoms with Gasteiger partial charge in [-0.2, -0.15) is 0 Å². The van der Waals surface area contributed by atoms with Crippen LogP contribution in [0.1, 0.15) is 84.0 Å². The van der Waals surface area contributed by atoms with Crippen molar-refractivity contribution in [1.82, 2.24) is 0 Å². The van der Waals surface area contributed by atoms with Crippen molar-refractivity contribution in [2.75, 3.05) is 47.5 Å². The fourth-order valence-corrected chi connectivity index (χ4v) is 3.69. The molecule has 0 aliphatic rings. The number of ether oxygens (including phenoxy) is 1. The Hall–Kier alpha value is -0.540. The molecule has 0 rings (SSSR count). The van der Waals surface area contributed by atoms with Crippen LogP contribution in [0.25, 0.3) is 0 Å². The monoisotopic (exact) mass is 484 g/mol. The molecule has 0 saturated carbocycles. The minimum absolute atomic E-state index is 0.0376. The summed E-state index contributed by atoms with van der Waals surface area (Å²) in [5, 5.41) is 8.91. The first-order valence-corrected chi connectivity index (χ1v) is 13.5. The lowest BCUT2D eigenvalue weighted by Crippen LogP contribution is -2.37. The summed E-state index contributed by atoms with van der Waals surface area (Å²) in [6.45, 7) is 2.07. The summed E-state index contributed by atoms with van der Waals surface area (Å²) in [6.07, 6.45) is 12.4. The van der Waals surface area contributed by atoms with Crippen LogP contribution in [0.2, 0.25) is 0 Å². The first-order valence-electron chi connectivity index (χ1n) is 12.0.